The van der Waals surface area contributed by atoms with E-state index in [-0.39, 0.29) is 5.56 Å². The molecule has 5 aromatic rings. The van der Waals surface area contributed by atoms with Gasteiger partial charge < -0.3 is 0 Å². The molecule has 0 aliphatic rings. The molecule has 0 bridgehead atoms. The van der Waals surface area contributed by atoms with Crippen LogP contribution in [0.5, 0.6) is 0 Å². The van der Waals surface area contributed by atoms with E-state index in [1.165, 1.54) is 23.1 Å². The van der Waals surface area contributed by atoms with Gasteiger partial charge >= 0.3 is 0 Å². The molecule has 4 heterocycles. The van der Waals surface area contributed by atoms with Crippen LogP contribution in [0, 0.1) is 6.92 Å². The van der Waals surface area contributed by atoms with E-state index in [4.69, 9.17) is 9.97 Å². The highest BCUT2D eigenvalue weighted by atomic mass is 32.2. The Morgan fingerprint density at radius 2 is 1.89 bits per heavy atom. The van der Waals surface area contributed by atoms with Crippen molar-refractivity contribution in [3.63, 3.8) is 0 Å². The third-order valence-corrected chi connectivity index (χ3v) is 6.33. The number of aromatic nitrogens is 4. The molecule has 1 aromatic carbocycles. The number of pyridine rings is 2. The summed E-state index contributed by atoms with van der Waals surface area (Å²) in [6.07, 6.45) is 3.60. The average molecular weight is 390 g/mol. The molecule has 0 spiro atoms. The van der Waals surface area contributed by atoms with Crippen LogP contribution in [0.3, 0.4) is 0 Å². The maximum Gasteiger partial charge on any atom is 0.278 e. The van der Waals surface area contributed by atoms with Gasteiger partial charge in [-0.25, -0.2) is 19.5 Å². The number of benzene rings is 1. The second-order valence-corrected chi connectivity index (χ2v) is 7.91. The predicted molar refractivity (Wildman–Crippen MR) is 112 cm³/mol. The Balaban J connectivity index is 1.96. The van der Waals surface area contributed by atoms with Crippen molar-refractivity contribution < 1.29 is 0 Å². The summed E-state index contributed by atoms with van der Waals surface area (Å²) >= 11 is 2.84. The zero-order valence-electron chi connectivity index (χ0n) is 14.6. The molecule has 0 aliphatic carbocycles. The number of thioether (sulfide) groups is 1. The lowest BCUT2D eigenvalue weighted by Crippen LogP contribution is -2.21. The summed E-state index contributed by atoms with van der Waals surface area (Å²) in [6, 6.07) is 13.6. The van der Waals surface area contributed by atoms with Gasteiger partial charge in [0.15, 0.2) is 5.16 Å². The monoisotopic (exact) mass is 390 g/mol. The zero-order valence-corrected chi connectivity index (χ0v) is 16.3. The summed E-state index contributed by atoms with van der Waals surface area (Å²) in [7, 11) is 0. The summed E-state index contributed by atoms with van der Waals surface area (Å²) in [4.78, 5) is 28.1. The number of hydrogen-bond acceptors (Lipinski definition) is 6. The Kier molecular flexibility index (Phi) is 3.73. The summed E-state index contributed by atoms with van der Waals surface area (Å²) in [6.45, 7) is 2.07. The first kappa shape index (κ1) is 16.4. The normalized spacial score (nSPS) is 11.6. The van der Waals surface area contributed by atoms with Crippen LogP contribution in [-0.2, 0) is 0 Å². The zero-order chi connectivity index (χ0) is 18.5. The molecule has 0 unspecified atom stereocenters. The minimum atomic E-state index is -0.102. The molecule has 0 saturated carbocycles. The number of para-hydroxylation sites is 1. The molecule has 0 saturated heterocycles. The van der Waals surface area contributed by atoms with Crippen molar-refractivity contribution in [1.29, 1.82) is 0 Å². The summed E-state index contributed by atoms with van der Waals surface area (Å²) < 4.78 is 2.19. The van der Waals surface area contributed by atoms with Crippen molar-refractivity contribution in [2.45, 2.75) is 12.1 Å². The van der Waals surface area contributed by atoms with Gasteiger partial charge in [-0.1, -0.05) is 36.0 Å². The lowest BCUT2D eigenvalue weighted by molar-refractivity contribution is 0.800. The molecule has 132 valence electrons. The maximum absolute atomic E-state index is 13.3. The highest BCUT2D eigenvalue weighted by Crippen LogP contribution is 2.36. The van der Waals surface area contributed by atoms with Gasteiger partial charge in [0.1, 0.15) is 15.3 Å². The smallest absolute Gasteiger partial charge is 0.267 e. The second-order valence-electron chi connectivity index (χ2n) is 6.14. The van der Waals surface area contributed by atoms with E-state index in [0.29, 0.717) is 15.7 Å². The van der Waals surface area contributed by atoms with Crippen molar-refractivity contribution in [1.82, 2.24) is 19.5 Å². The average Bonchev–Trinajstić information content (AvgIpc) is 3.07. The van der Waals surface area contributed by atoms with Gasteiger partial charge in [0, 0.05) is 17.0 Å². The molecule has 0 fully saturated rings. The SMILES string of the molecule is CSc1nc2c(sc3nc4ccccc4c(C)c32)c(=O)n1-c1ccccn1. The molecule has 5 rings (SSSR count). The Morgan fingerprint density at radius 1 is 1.07 bits per heavy atom. The first-order valence-electron chi connectivity index (χ1n) is 8.39. The van der Waals surface area contributed by atoms with Gasteiger partial charge in [-0.2, -0.15) is 0 Å². The quantitative estimate of drug-likeness (QED) is 0.326. The topological polar surface area (TPSA) is 60.7 Å². The largest absolute Gasteiger partial charge is 0.278 e. The third-order valence-electron chi connectivity index (χ3n) is 4.63. The molecular weight excluding hydrogens is 376 g/mol. The first-order chi connectivity index (χ1) is 13.2. The maximum atomic E-state index is 13.3. The summed E-state index contributed by atoms with van der Waals surface area (Å²) in [5.41, 5.74) is 2.67. The van der Waals surface area contributed by atoms with E-state index in [1.807, 2.05) is 42.7 Å². The van der Waals surface area contributed by atoms with E-state index in [2.05, 4.69) is 18.0 Å². The lowest BCUT2D eigenvalue weighted by Gasteiger charge is -2.09. The van der Waals surface area contributed by atoms with Gasteiger partial charge in [-0.3, -0.25) is 4.79 Å². The van der Waals surface area contributed by atoms with Crippen LogP contribution in [0.2, 0.25) is 0 Å². The van der Waals surface area contributed by atoms with E-state index in [0.717, 1.165) is 32.2 Å². The van der Waals surface area contributed by atoms with E-state index >= 15 is 0 Å². The van der Waals surface area contributed by atoms with Gasteiger partial charge in [-0.15, -0.1) is 11.3 Å². The molecule has 27 heavy (non-hydrogen) atoms. The molecule has 0 N–H and O–H groups in total. The number of hydrogen-bond donors (Lipinski definition) is 0. The molecule has 7 heteroatoms. The Hall–Kier alpha value is -2.77. The minimum Gasteiger partial charge on any atom is -0.267 e. The number of aryl methyl sites for hydroxylation is 1. The number of thiophene rings is 1. The Morgan fingerprint density at radius 3 is 2.67 bits per heavy atom. The fourth-order valence-corrected chi connectivity index (χ4v) is 5.02. The summed E-state index contributed by atoms with van der Waals surface area (Å²) in [5.74, 6) is 0.577. The fourth-order valence-electron chi connectivity index (χ4n) is 3.37. The highest BCUT2D eigenvalue weighted by Gasteiger charge is 2.20. The molecule has 5 nitrogen and oxygen atoms in total. The van der Waals surface area contributed by atoms with Crippen LogP contribution in [0.15, 0.2) is 58.6 Å². The van der Waals surface area contributed by atoms with Crippen LogP contribution in [0.25, 0.3) is 37.2 Å². The highest BCUT2D eigenvalue weighted by molar-refractivity contribution is 7.98. The Bertz CT molecular complexity index is 1390. The standard InChI is InChI=1S/C20H14N4OS2/c1-11-12-7-3-4-8-13(12)22-18-15(11)16-17(27-18)19(25)24(20(23-16)26-2)14-9-5-6-10-21-14/h3-10H,1-2H3. The second kappa shape index (κ2) is 6.14. The fraction of sp³-hybridized carbons (Fsp3) is 0.100. The number of fused-ring (bicyclic) bond motifs is 4. The first-order valence-corrected chi connectivity index (χ1v) is 10.4. The molecule has 0 radical (unpaired) electrons. The van der Waals surface area contributed by atoms with E-state index < -0.39 is 0 Å². The van der Waals surface area contributed by atoms with Gasteiger partial charge in [0.05, 0.1) is 11.0 Å². The molecule has 0 amide bonds. The van der Waals surface area contributed by atoms with Crippen molar-refractivity contribution in [2.75, 3.05) is 6.26 Å². The van der Waals surface area contributed by atoms with Crippen LogP contribution < -0.4 is 5.56 Å². The van der Waals surface area contributed by atoms with Crippen molar-refractivity contribution in [3.8, 4) is 5.82 Å². The third kappa shape index (κ3) is 2.39. The minimum absolute atomic E-state index is 0.102. The number of rotatable bonds is 2. The lowest BCUT2D eigenvalue weighted by atomic mass is 10.1. The summed E-state index contributed by atoms with van der Waals surface area (Å²) in [5, 5.41) is 2.68. The van der Waals surface area contributed by atoms with Crippen molar-refractivity contribution in [2.24, 2.45) is 0 Å². The number of nitrogens with zero attached hydrogens (tertiary/aromatic N) is 4. The van der Waals surface area contributed by atoms with Crippen molar-refractivity contribution >= 4 is 54.4 Å². The van der Waals surface area contributed by atoms with Gasteiger partial charge in [0.2, 0.25) is 0 Å². The molecule has 4 aromatic heterocycles. The van der Waals surface area contributed by atoms with Crippen LogP contribution in [0.4, 0.5) is 0 Å². The molecule has 0 atom stereocenters. The van der Waals surface area contributed by atoms with Crippen LogP contribution in [0.1, 0.15) is 5.56 Å². The van der Waals surface area contributed by atoms with Crippen LogP contribution in [-0.4, -0.2) is 25.8 Å². The van der Waals surface area contributed by atoms with Gasteiger partial charge in [0.25, 0.3) is 5.56 Å². The Labute approximate surface area is 162 Å². The molecular formula is C20H14N4OS2. The predicted octanol–water partition coefficient (Wildman–Crippen LogP) is 4.57. The van der Waals surface area contributed by atoms with E-state index in [9.17, 15) is 4.79 Å². The van der Waals surface area contributed by atoms with E-state index in [1.54, 1.807) is 10.8 Å². The van der Waals surface area contributed by atoms with Crippen molar-refractivity contribution in [3.05, 3.63) is 64.6 Å². The van der Waals surface area contributed by atoms with Gasteiger partial charge in [-0.05, 0) is 36.9 Å². The van der Waals surface area contributed by atoms with Crippen LogP contribution >= 0.6 is 23.1 Å². The molecule has 0 aliphatic heterocycles.